The van der Waals surface area contributed by atoms with Crippen LogP contribution in [0.4, 0.5) is 5.69 Å². The molecule has 3 aromatic heterocycles. The molecule has 0 aromatic carbocycles. The highest BCUT2D eigenvalue weighted by Crippen LogP contribution is 2.51. The number of aryl methyl sites for hydroxylation is 1. The van der Waals surface area contributed by atoms with Crippen LogP contribution in [0.2, 0.25) is 0 Å². The van der Waals surface area contributed by atoms with Crippen LogP contribution < -0.4 is 15.4 Å². The van der Waals surface area contributed by atoms with Gasteiger partial charge in [0.1, 0.15) is 11.7 Å². The zero-order valence-corrected chi connectivity index (χ0v) is 21.8. The molecule has 5 rings (SSSR count). The lowest BCUT2D eigenvalue weighted by Crippen LogP contribution is -2.50. The lowest BCUT2D eigenvalue weighted by atomic mass is 9.88. The fourth-order valence-electron chi connectivity index (χ4n) is 5.17. The minimum atomic E-state index is -0.618. The van der Waals surface area contributed by atoms with Gasteiger partial charge in [0, 0.05) is 30.2 Å². The third kappa shape index (κ3) is 5.68. The van der Waals surface area contributed by atoms with E-state index in [0.29, 0.717) is 35.6 Å². The molecule has 10 nitrogen and oxygen atoms in total. The normalized spacial score (nSPS) is 16.2. The summed E-state index contributed by atoms with van der Waals surface area (Å²) in [7, 11) is 1.59. The predicted octanol–water partition coefficient (Wildman–Crippen LogP) is 3.59. The van der Waals surface area contributed by atoms with Gasteiger partial charge < -0.3 is 15.4 Å². The van der Waals surface area contributed by atoms with Crippen molar-refractivity contribution in [2.75, 3.05) is 12.4 Å². The average molecular weight is 506 g/mol. The van der Waals surface area contributed by atoms with Gasteiger partial charge >= 0.3 is 0 Å². The van der Waals surface area contributed by atoms with E-state index in [-0.39, 0.29) is 23.8 Å². The summed E-state index contributed by atoms with van der Waals surface area (Å²) in [5.41, 5.74) is 2.98. The Morgan fingerprint density at radius 3 is 2.51 bits per heavy atom. The number of nitrogens with zero attached hydrogens (tertiary/aromatic N) is 5. The van der Waals surface area contributed by atoms with Crippen molar-refractivity contribution in [1.29, 1.82) is 0 Å². The Morgan fingerprint density at radius 2 is 1.86 bits per heavy atom. The van der Waals surface area contributed by atoms with Crippen molar-refractivity contribution in [2.24, 2.45) is 17.8 Å². The first kappa shape index (κ1) is 25.0. The molecule has 3 aromatic rings. The number of methoxy groups -OCH3 is 1. The molecular formula is C27H35N7O3. The summed E-state index contributed by atoms with van der Waals surface area (Å²) in [6.45, 7) is 6.39. The summed E-state index contributed by atoms with van der Waals surface area (Å²) in [5, 5.41) is 14.8. The van der Waals surface area contributed by atoms with E-state index in [2.05, 4.69) is 25.8 Å². The Morgan fingerprint density at radius 1 is 1.14 bits per heavy atom. The molecule has 2 amide bonds. The summed E-state index contributed by atoms with van der Waals surface area (Å²) < 4.78 is 8.81. The van der Waals surface area contributed by atoms with Crippen LogP contribution in [0.25, 0.3) is 0 Å². The van der Waals surface area contributed by atoms with Crippen molar-refractivity contribution in [3.05, 3.63) is 53.7 Å². The first-order chi connectivity index (χ1) is 17.8. The molecule has 2 aliphatic carbocycles. The quantitative estimate of drug-likeness (QED) is 0.411. The summed E-state index contributed by atoms with van der Waals surface area (Å²) in [4.78, 5) is 31.3. The van der Waals surface area contributed by atoms with Crippen LogP contribution in [0.3, 0.4) is 0 Å². The number of aromatic nitrogens is 5. The number of amides is 2. The molecule has 0 radical (unpaired) electrons. The van der Waals surface area contributed by atoms with Gasteiger partial charge in [-0.25, -0.2) is 4.98 Å². The highest BCUT2D eigenvalue weighted by atomic mass is 16.5. The van der Waals surface area contributed by atoms with Gasteiger partial charge in [-0.3, -0.25) is 19.0 Å². The highest BCUT2D eigenvalue weighted by molar-refractivity contribution is 6.00. The molecule has 2 N–H and O–H groups in total. The molecule has 3 heterocycles. The average Bonchev–Trinajstić information content (AvgIpc) is 3.79. The molecule has 0 saturated heterocycles. The minimum Gasteiger partial charge on any atom is -0.481 e. The van der Waals surface area contributed by atoms with Gasteiger partial charge in [-0.15, -0.1) is 0 Å². The van der Waals surface area contributed by atoms with Crippen molar-refractivity contribution < 1.29 is 14.3 Å². The number of anilines is 1. The minimum absolute atomic E-state index is 0.0405. The monoisotopic (exact) mass is 505 g/mol. The van der Waals surface area contributed by atoms with Gasteiger partial charge in [0.05, 0.1) is 25.5 Å². The summed E-state index contributed by atoms with van der Waals surface area (Å²) in [6, 6.07) is 3.13. The second-order valence-electron chi connectivity index (χ2n) is 10.6. The van der Waals surface area contributed by atoms with Crippen LogP contribution in [0.1, 0.15) is 67.2 Å². The number of rotatable bonds is 11. The third-order valence-corrected chi connectivity index (χ3v) is 7.17. The van der Waals surface area contributed by atoms with E-state index in [1.54, 1.807) is 47.3 Å². The highest BCUT2D eigenvalue weighted by Gasteiger charge is 2.48. The zero-order valence-electron chi connectivity index (χ0n) is 21.8. The van der Waals surface area contributed by atoms with Crippen molar-refractivity contribution in [1.82, 2.24) is 29.9 Å². The fourth-order valence-corrected chi connectivity index (χ4v) is 5.17. The van der Waals surface area contributed by atoms with Gasteiger partial charge in [0.2, 0.25) is 11.8 Å². The zero-order chi connectivity index (χ0) is 26.1. The van der Waals surface area contributed by atoms with E-state index in [9.17, 15) is 9.59 Å². The second kappa shape index (κ2) is 10.4. The van der Waals surface area contributed by atoms with Gasteiger partial charge in [-0.05, 0) is 81.9 Å². The second-order valence-corrected chi connectivity index (χ2v) is 10.6. The lowest BCUT2D eigenvalue weighted by molar-refractivity contribution is -0.119. The van der Waals surface area contributed by atoms with E-state index in [1.165, 1.54) is 0 Å². The number of carbonyl (C=O) groups is 2. The molecule has 10 heteroatoms. The number of hydrogen-bond acceptors (Lipinski definition) is 6. The van der Waals surface area contributed by atoms with Crippen molar-refractivity contribution in [3.63, 3.8) is 0 Å². The molecule has 0 spiro atoms. The van der Waals surface area contributed by atoms with Gasteiger partial charge in [0.15, 0.2) is 0 Å². The number of pyridine rings is 1. The van der Waals surface area contributed by atoms with Crippen molar-refractivity contribution in [3.8, 4) is 5.88 Å². The largest absolute Gasteiger partial charge is 0.481 e. The van der Waals surface area contributed by atoms with Crippen LogP contribution in [0.5, 0.6) is 5.88 Å². The lowest BCUT2D eigenvalue weighted by Gasteiger charge is -2.27. The van der Waals surface area contributed by atoms with Crippen LogP contribution in [0, 0.1) is 24.7 Å². The van der Waals surface area contributed by atoms with Gasteiger partial charge in [-0.1, -0.05) is 0 Å². The van der Waals surface area contributed by atoms with Crippen LogP contribution in [-0.2, 0) is 11.3 Å². The maximum atomic E-state index is 13.6. The maximum absolute atomic E-state index is 13.6. The topological polar surface area (TPSA) is 116 Å². The fraction of sp³-hybridized carbons (Fsp3) is 0.519. The number of hydrogen-bond donors (Lipinski definition) is 2. The van der Waals surface area contributed by atoms with E-state index >= 15 is 0 Å². The third-order valence-electron chi connectivity index (χ3n) is 7.17. The van der Waals surface area contributed by atoms with E-state index in [1.807, 2.05) is 26.8 Å². The summed E-state index contributed by atoms with van der Waals surface area (Å²) >= 11 is 0. The van der Waals surface area contributed by atoms with E-state index in [4.69, 9.17) is 4.74 Å². The van der Waals surface area contributed by atoms with Crippen LogP contribution in [-0.4, -0.2) is 49.5 Å². The summed E-state index contributed by atoms with van der Waals surface area (Å²) in [5.74, 6) is 1.16. The molecule has 2 saturated carbocycles. The summed E-state index contributed by atoms with van der Waals surface area (Å²) in [6.07, 6.45) is 11.2. The molecule has 0 aliphatic heterocycles. The Labute approximate surface area is 216 Å². The number of ether oxygens (including phenoxy) is 1. The first-order valence-corrected chi connectivity index (χ1v) is 13.0. The smallest absolute Gasteiger partial charge is 0.270 e. The maximum Gasteiger partial charge on any atom is 0.270 e. The number of nitrogens with one attached hydrogen (secondary N) is 2. The Balaban J connectivity index is 1.33. The molecule has 37 heavy (non-hydrogen) atoms. The molecule has 0 unspecified atom stereocenters. The molecule has 2 fully saturated rings. The SMILES string of the molecule is COc1ncc(C)cc1Cn1cc(NC(=O)[C@@H](NC(=O)c2ccnn2C(C)C)C(C2CC2)C2CC2)cn1. The molecule has 1 atom stereocenters. The first-order valence-electron chi connectivity index (χ1n) is 13.0. The van der Waals surface area contributed by atoms with Crippen LogP contribution in [0.15, 0.2) is 36.9 Å². The standard InChI is InChI=1S/C27H35N7O3/c1-16(2)34-22(9-10-29-34)25(35)32-24(23(18-5-6-18)19-7-8-19)26(36)31-21-13-30-33(15-21)14-20-11-17(3)12-28-27(20)37-4/h9-13,15-16,18-19,23-24H,5-8,14H2,1-4H3,(H,31,36)(H,32,35)/t24-/m0/s1. The van der Waals surface area contributed by atoms with Gasteiger partial charge in [0.25, 0.3) is 5.91 Å². The van der Waals surface area contributed by atoms with E-state index in [0.717, 1.165) is 36.8 Å². The molecule has 196 valence electrons. The van der Waals surface area contributed by atoms with E-state index < -0.39 is 6.04 Å². The predicted molar refractivity (Wildman–Crippen MR) is 138 cm³/mol. The van der Waals surface area contributed by atoms with Crippen LogP contribution >= 0.6 is 0 Å². The van der Waals surface area contributed by atoms with Crippen molar-refractivity contribution in [2.45, 2.75) is 65.1 Å². The Bertz CT molecular complexity index is 1260. The number of carbonyl (C=O) groups excluding carboxylic acids is 2. The Kier molecular flexibility index (Phi) is 6.99. The van der Waals surface area contributed by atoms with Gasteiger partial charge in [-0.2, -0.15) is 10.2 Å². The van der Waals surface area contributed by atoms with Crippen molar-refractivity contribution >= 4 is 17.5 Å². The molecule has 0 bridgehead atoms. The Hall–Kier alpha value is -3.69. The molecule has 2 aliphatic rings. The molecular weight excluding hydrogens is 470 g/mol.